The van der Waals surface area contributed by atoms with E-state index in [0.29, 0.717) is 24.8 Å². The van der Waals surface area contributed by atoms with Crippen LogP contribution < -0.4 is 0 Å². The zero-order chi connectivity index (χ0) is 20.4. The molecule has 1 aliphatic carbocycles. The maximum atomic E-state index is 14.1. The number of aromatic carboxylic acids is 1. The van der Waals surface area contributed by atoms with Crippen LogP contribution >= 0.6 is 22.9 Å². The number of rotatable bonds is 7. The Kier molecular flexibility index (Phi) is 6.70. The van der Waals surface area contributed by atoms with E-state index >= 15 is 0 Å². The molecule has 0 unspecified atom stereocenters. The highest BCUT2D eigenvalue weighted by Crippen LogP contribution is 2.45. The molecule has 0 amide bonds. The van der Waals surface area contributed by atoms with Gasteiger partial charge < -0.3 is 15.3 Å². The minimum absolute atomic E-state index is 0.158. The first-order valence-corrected chi connectivity index (χ1v) is 10.3. The molecule has 4 nitrogen and oxygen atoms in total. The molecule has 0 saturated heterocycles. The summed E-state index contributed by atoms with van der Waals surface area (Å²) in [7, 11) is 0. The van der Waals surface area contributed by atoms with Crippen molar-refractivity contribution >= 4 is 28.9 Å². The van der Waals surface area contributed by atoms with Crippen LogP contribution in [0.25, 0.3) is 0 Å². The summed E-state index contributed by atoms with van der Waals surface area (Å²) >= 11 is 7.65. The number of thiophene rings is 1. The van der Waals surface area contributed by atoms with Crippen LogP contribution in [0, 0.1) is 17.6 Å². The van der Waals surface area contributed by atoms with Gasteiger partial charge in [0, 0.05) is 21.7 Å². The highest BCUT2D eigenvalue weighted by Gasteiger charge is 2.42. The molecule has 1 heterocycles. The first-order chi connectivity index (χ1) is 13.3. The maximum absolute atomic E-state index is 14.1. The predicted octanol–water partition coefficient (Wildman–Crippen LogP) is 4.31. The summed E-state index contributed by atoms with van der Waals surface area (Å²) in [5.74, 6) is -3.26. The predicted molar refractivity (Wildman–Crippen MR) is 103 cm³/mol. The molecule has 0 aliphatic heterocycles. The van der Waals surface area contributed by atoms with E-state index in [1.165, 1.54) is 23.5 Å². The lowest BCUT2D eigenvalue weighted by Gasteiger charge is -2.24. The van der Waals surface area contributed by atoms with Crippen molar-refractivity contribution in [2.75, 3.05) is 0 Å². The molecule has 3 rings (SSSR count). The fourth-order valence-electron chi connectivity index (χ4n) is 4.00. The molecular formula is C20H21ClF2O4S. The van der Waals surface area contributed by atoms with Gasteiger partial charge in [-0.05, 0) is 61.4 Å². The maximum Gasteiger partial charge on any atom is 0.345 e. The molecule has 28 heavy (non-hydrogen) atoms. The van der Waals surface area contributed by atoms with Crippen LogP contribution in [0.1, 0.15) is 50.9 Å². The quantitative estimate of drug-likeness (QED) is 0.572. The molecule has 1 aromatic carbocycles. The number of carboxylic acids is 1. The van der Waals surface area contributed by atoms with E-state index < -0.39 is 36.2 Å². The normalized spacial score (nSPS) is 24.6. The molecule has 1 aliphatic rings. The summed E-state index contributed by atoms with van der Waals surface area (Å²) in [6.45, 7) is -0.730. The second-order valence-electron chi connectivity index (χ2n) is 7.09. The number of halogens is 3. The van der Waals surface area contributed by atoms with Gasteiger partial charge in [-0.2, -0.15) is 0 Å². The van der Waals surface area contributed by atoms with Gasteiger partial charge in [-0.1, -0.05) is 0 Å². The van der Waals surface area contributed by atoms with E-state index in [9.17, 15) is 18.7 Å². The van der Waals surface area contributed by atoms with Gasteiger partial charge in [0.05, 0.1) is 12.7 Å². The molecule has 2 aromatic rings. The van der Waals surface area contributed by atoms with E-state index in [1.807, 2.05) is 0 Å². The summed E-state index contributed by atoms with van der Waals surface area (Å²) in [6, 6.07) is 5.69. The Morgan fingerprint density at radius 3 is 2.50 bits per heavy atom. The molecule has 0 bridgehead atoms. The van der Waals surface area contributed by atoms with Crippen molar-refractivity contribution < 1.29 is 28.9 Å². The van der Waals surface area contributed by atoms with Gasteiger partial charge in [-0.25, -0.2) is 13.6 Å². The Labute approximate surface area is 170 Å². The Balaban J connectivity index is 1.72. The first kappa shape index (κ1) is 21.2. The summed E-state index contributed by atoms with van der Waals surface area (Å²) in [6.07, 6.45) is 1.57. The van der Waals surface area contributed by atoms with E-state index in [2.05, 4.69) is 0 Å². The summed E-state index contributed by atoms with van der Waals surface area (Å²) < 4.78 is 28.2. The number of alkyl halides is 1. The Bertz CT molecular complexity index is 833. The fourth-order valence-corrected chi connectivity index (χ4v) is 5.35. The van der Waals surface area contributed by atoms with Crippen LogP contribution in [0.15, 0.2) is 24.3 Å². The van der Waals surface area contributed by atoms with Crippen molar-refractivity contribution in [1.82, 2.24) is 0 Å². The minimum Gasteiger partial charge on any atom is -0.477 e. The summed E-state index contributed by atoms with van der Waals surface area (Å²) in [5.41, 5.74) is -0.0423. The standard InChI is InChI=1S/C20H21ClF2O4S/c21-14-8-17(25)19(10-6-15(22)13(9-24)16(23)7-10)12(14)3-1-2-11-4-5-18(28-11)20(26)27/h4-7,12,14,17,19,24-25H,1-3,8-9H2,(H,26,27)/t12-,14+,17+,19+/m0/s1. The number of carbonyl (C=O) groups is 1. The van der Waals surface area contributed by atoms with Crippen LogP contribution in [-0.2, 0) is 13.0 Å². The first-order valence-electron chi connectivity index (χ1n) is 9.04. The van der Waals surface area contributed by atoms with Crippen molar-refractivity contribution in [3.63, 3.8) is 0 Å². The van der Waals surface area contributed by atoms with Crippen LogP contribution in [-0.4, -0.2) is 32.8 Å². The van der Waals surface area contributed by atoms with Gasteiger partial charge in [0.15, 0.2) is 0 Å². The second-order valence-corrected chi connectivity index (χ2v) is 8.82. The van der Waals surface area contributed by atoms with Crippen LogP contribution in [0.3, 0.4) is 0 Å². The number of hydrogen-bond acceptors (Lipinski definition) is 4. The van der Waals surface area contributed by atoms with E-state index in [0.717, 1.165) is 11.3 Å². The SMILES string of the molecule is O=C(O)c1ccc(CCC[C@@H]2[C@@H](c3cc(F)c(CO)c(F)c3)[C@H](O)C[C@H]2Cl)s1. The average molecular weight is 431 g/mol. The average Bonchev–Trinajstić information content (AvgIpc) is 3.19. The highest BCUT2D eigenvalue weighted by atomic mass is 35.5. The highest BCUT2D eigenvalue weighted by molar-refractivity contribution is 7.13. The lowest BCUT2D eigenvalue weighted by Crippen LogP contribution is -2.20. The largest absolute Gasteiger partial charge is 0.477 e. The molecule has 152 valence electrons. The van der Waals surface area contributed by atoms with E-state index in [1.54, 1.807) is 12.1 Å². The van der Waals surface area contributed by atoms with Gasteiger partial charge in [-0.3, -0.25) is 0 Å². The van der Waals surface area contributed by atoms with Crippen LogP contribution in [0.5, 0.6) is 0 Å². The van der Waals surface area contributed by atoms with Gasteiger partial charge in [0.25, 0.3) is 0 Å². The van der Waals surface area contributed by atoms with Gasteiger partial charge in [-0.15, -0.1) is 22.9 Å². The Morgan fingerprint density at radius 2 is 1.93 bits per heavy atom. The Hall–Kier alpha value is -1.54. The van der Waals surface area contributed by atoms with Crippen LogP contribution in [0.4, 0.5) is 8.78 Å². The molecule has 8 heteroatoms. The molecule has 0 spiro atoms. The molecular weight excluding hydrogens is 410 g/mol. The zero-order valence-corrected chi connectivity index (χ0v) is 16.5. The number of carboxylic acid groups (broad SMARTS) is 1. The third-order valence-corrected chi connectivity index (χ3v) is 6.98. The summed E-state index contributed by atoms with van der Waals surface area (Å²) in [5, 5.41) is 28.2. The number of aliphatic hydroxyl groups is 2. The fraction of sp³-hybridized carbons (Fsp3) is 0.450. The van der Waals surface area contributed by atoms with E-state index in [-0.39, 0.29) is 21.7 Å². The van der Waals surface area contributed by atoms with Gasteiger partial charge in [0.1, 0.15) is 16.5 Å². The molecule has 1 aromatic heterocycles. The number of aliphatic hydroxyl groups excluding tert-OH is 2. The topological polar surface area (TPSA) is 77.8 Å². The zero-order valence-electron chi connectivity index (χ0n) is 14.9. The van der Waals surface area contributed by atoms with Crippen molar-refractivity contribution in [1.29, 1.82) is 0 Å². The number of hydrogen-bond donors (Lipinski definition) is 3. The van der Waals surface area contributed by atoms with Crippen molar-refractivity contribution in [2.45, 2.75) is 49.7 Å². The van der Waals surface area contributed by atoms with Crippen molar-refractivity contribution in [3.05, 3.63) is 56.8 Å². The molecule has 0 radical (unpaired) electrons. The van der Waals surface area contributed by atoms with Crippen LogP contribution in [0.2, 0.25) is 0 Å². The third kappa shape index (κ3) is 4.38. The van der Waals surface area contributed by atoms with E-state index in [4.69, 9.17) is 21.8 Å². The lowest BCUT2D eigenvalue weighted by molar-refractivity contribution is 0.0702. The second kappa shape index (κ2) is 8.86. The lowest BCUT2D eigenvalue weighted by atomic mass is 9.84. The van der Waals surface area contributed by atoms with Crippen molar-refractivity contribution in [3.8, 4) is 0 Å². The third-order valence-electron chi connectivity index (χ3n) is 5.35. The van der Waals surface area contributed by atoms with Gasteiger partial charge >= 0.3 is 5.97 Å². The molecule has 1 fully saturated rings. The summed E-state index contributed by atoms with van der Waals surface area (Å²) in [4.78, 5) is 12.2. The molecule has 4 atom stereocenters. The smallest absolute Gasteiger partial charge is 0.345 e. The Morgan fingerprint density at radius 1 is 1.25 bits per heavy atom. The van der Waals surface area contributed by atoms with Gasteiger partial charge in [0.2, 0.25) is 0 Å². The minimum atomic E-state index is -0.952. The molecule has 3 N–H and O–H groups in total. The number of benzene rings is 1. The number of aryl methyl sites for hydroxylation is 1. The molecule has 1 saturated carbocycles. The monoisotopic (exact) mass is 430 g/mol. The van der Waals surface area contributed by atoms with Crippen molar-refractivity contribution in [2.24, 2.45) is 5.92 Å².